The molecule has 0 atom stereocenters. The van der Waals surface area contributed by atoms with Gasteiger partial charge in [-0.25, -0.2) is 0 Å². The molecule has 1 aliphatic heterocycles. The quantitative estimate of drug-likeness (QED) is 0.806. The Morgan fingerprint density at radius 2 is 1.63 bits per heavy atom. The second-order valence-electron chi connectivity index (χ2n) is 6.57. The summed E-state index contributed by atoms with van der Waals surface area (Å²) in [7, 11) is 0. The molecule has 2 heterocycles. The van der Waals surface area contributed by atoms with Crippen molar-refractivity contribution in [1.29, 1.82) is 0 Å². The van der Waals surface area contributed by atoms with Crippen molar-refractivity contribution in [2.24, 2.45) is 0 Å². The van der Waals surface area contributed by atoms with E-state index in [1.165, 1.54) is 5.56 Å². The molecule has 0 radical (unpaired) electrons. The number of aromatic nitrogens is 2. The first-order valence-electron chi connectivity index (χ1n) is 9.26. The van der Waals surface area contributed by atoms with Crippen LogP contribution in [0.5, 0.6) is 0 Å². The Morgan fingerprint density at radius 1 is 0.963 bits per heavy atom. The number of carbonyl (C=O) groups is 2. The van der Waals surface area contributed by atoms with Crippen LogP contribution in [0.2, 0.25) is 0 Å². The average Bonchev–Trinajstić information content (AvgIpc) is 2.72. The fraction of sp³-hybridized carbons (Fsp3) is 0.400. The molecule has 142 valence electrons. The molecule has 1 aliphatic rings. The van der Waals surface area contributed by atoms with Gasteiger partial charge in [0.1, 0.15) is 0 Å². The molecule has 0 saturated carbocycles. The topological polar surface area (TPSA) is 69.6 Å². The molecule has 7 nitrogen and oxygen atoms in total. The van der Waals surface area contributed by atoms with E-state index >= 15 is 0 Å². The number of rotatable bonds is 5. The minimum Gasteiger partial charge on any atom is -0.351 e. The van der Waals surface area contributed by atoms with Crippen LogP contribution in [0, 0.1) is 0 Å². The van der Waals surface area contributed by atoms with Gasteiger partial charge >= 0.3 is 0 Å². The van der Waals surface area contributed by atoms with Crippen LogP contribution in [-0.4, -0.2) is 64.5 Å². The van der Waals surface area contributed by atoms with Crippen molar-refractivity contribution in [2.75, 3.05) is 37.6 Å². The van der Waals surface area contributed by atoms with Crippen LogP contribution in [0.25, 0.3) is 0 Å². The van der Waals surface area contributed by atoms with Gasteiger partial charge in [-0.2, -0.15) is 0 Å². The van der Waals surface area contributed by atoms with E-state index in [2.05, 4.69) is 34.2 Å². The molecule has 1 aromatic carbocycles. The van der Waals surface area contributed by atoms with Gasteiger partial charge in [0.25, 0.3) is 5.91 Å². The largest absolute Gasteiger partial charge is 0.351 e. The molecule has 0 bridgehead atoms. The monoisotopic (exact) mass is 367 g/mol. The summed E-state index contributed by atoms with van der Waals surface area (Å²) >= 11 is 0. The summed E-state index contributed by atoms with van der Waals surface area (Å²) in [5.74, 6) is 0.659. The van der Waals surface area contributed by atoms with Crippen LogP contribution in [0.1, 0.15) is 29.9 Å². The first-order valence-corrected chi connectivity index (χ1v) is 9.26. The van der Waals surface area contributed by atoms with Crippen molar-refractivity contribution in [1.82, 2.24) is 20.0 Å². The van der Waals surface area contributed by atoms with E-state index in [0.29, 0.717) is 31.9 Å². The van der Waals surface area contributed by atoms with Gasteiger partial charge in [0, 0.05) is 46.2 Å². The lowest BCUT2D eigenvalue weighted by atomic mass is 10.2. The predicted molar refractivity (Wildman–Crippen MR) is 103 cm³/mol. The van der Waals surface area contributed by atoms with Crippen LogP contribution in [-0.2, 0) is 11.3 Å². The van der Waals surface area contributed by atoms with Crippen LogP contribution in [0.4, 0.5) is 5.82 Å². The molecule has 2 amide bonds. The van der Waals surface area contributed by atoms with E-state index in [1.54, 1.807) is 22.8 Å². The first-order chi connectivity index (χ1) is 13.1. The van der Waals surface area contributed by atoms with Crippen molar-refractivity contribution in [2.45, 2.75) is 20.4 Å². The zero-order valence-electron chi connectivity index (χ0n) is 15.8. The fourth-order valence-electron chi connectivity index (χ4n) is 3.15. The number of nitrogens with zero attached hydrogens (tertiary/aromatic N) is 5. The molecule has 27 heavy (non-hydrogen) atoms. The molecule has 0 aliphatic carbocycles. The summed E-state index contributed by atoms with van der Waals surface area (Å²) in [4.78, 5) is 29.6. The van der Waals surface area contributed by atoms with Gasteiger partial charge in [0.2, 0.25) is 5.91 Å². The van der Waals surface area contributed by atoms with Crippen molar-refractivity contribution in [3.8, 4) is 0 Å². The maximum absolute atomic E-state index is 12.6. The number of amides is 2. The minimum absolute atomic E-state index is 0.0457. The highest BCUT2D eigenvalue weighted by Crippen LogP contribution is 2.15. The van der Waals surface area contributed by atoms with Crippen molar-refractivity contribution < 1.29 is 9.59 Å². The highest BCUT2D eigenvalue weighted by atomic mass is 16.2. The van der Waals surface area contributed by atoms with E-state index in [1.807, 2.05) is 24.3 Å². The molecule has 0 N–H and O–H groups in total. The van der Waals surface area contributed by atoms with Gasteiger partial charge in [-0.15, -0.1) is 10.2 Å². The van der Waals surface area contributed by atoms with E-state index in [4.69, 9.17) is 0 Å². The van der Waals surface area contributed by atoms with Crippen LogP contribution >= 0.6 is 0 Å². The van der Waals surface area contributed by atoms with Crippen LogP contribution in [0.3, 0.4) is 0 Å². The smallest absolute Gasteiger partial charge is 0.274 e. The molecular formula is C20H25N5O2. The fourth-order valence-corrected chi connectivity index (χ4v) is 3.15. The van der Waals surface area contributed by atoms with Crippen molar-refractivity contribution in [3.63, 3.8) is 0 Å². The summed E-state index contributed by atoms with van der Waals surface area (Å²) in [6.45, 7) is 7.33. The maximum atomic E-state index is 12.6. The lowest BCUT2D eigenvalue weighted by Crippen LogP contribution is -2.50. The molecular weight excluding hydrogens is 342 g/mol. The molecule has 1 aromatic heterocycles. The second-order valence-corrected chi connectivity index (χ2v) is 6.57. The number of anilines is 1. The number of piperazine rings is 1. The Hall–Kier alpha value is -2.96. The molecule has 0 unspecified atom stereocenters. The van der Waals surface area contributed by atoms with Gasteiger partial charge in [0.15, 0.2) is 11.5 Å². The number of hydrogen-bond acceptors (Lipinski definition) is 5. The zero-order valence-corrected chi connectivity index (χ0v) is 15.8. The van der Waals surface area contributed by atoms with Crippen LogP contribution in [0.15, 0.2) is 42.5 Å². The Balaban J connectivity index is 1.64. The van der Waals surface area contributed by atoms with Gasteiger partial charge in [-0.1, -0.05) is 30.3 Å². The molecule has 1 saturated heterocycles. The SMILES string of the molecule is CCN(Cc1ccccc1)c1ccc(C(=O)N2CCN(C(C)=O)CC2)nn1. The second kappa shape index (κ2) is 8.62. The molecule has 0 spiro atoms. The van der Waals surface area contributed by atoms with Crippen molar-refractivity contribution in [3.05, 3.63) is 53.7 Å². The minimum atomic E-state index is -0.136. The van der Waals surface area contributed by atoms with Crippen molar-refractivity contribution >= 4 is 17.6 Å². The number of benzene rings is 1. The Bertz CT molecular complexity index is 771. The average molecular weight is 367 g/mol. The third-order valence-corrected chi connectivity index (χ3v) is 4.80. The molecule has 7 heteroatoms. The van der Waals surface area contributed by atoms with Crippen LogP contribution < -0.4 is 4.90 Å². The highest BCUT2D eigenvalue weighted by Gasteiger charge is 2.24. The third kappa shape index (κ3) is 4.61. The van der Waals surface area contributed by atoms with Gasteiger partial charge < -0.3 is 14.7 Å². The summed E-state index contributed by atoms with van der Waals surface area (Å²) in [5.41, 5.74) is 1.54. The van der Waals surface area contributed by atoms with Gasteiger partial charge in [0.05, 0.1) is 0 Å². The van der Waals surface area contributed by atoms with E-state index < -0.39 is 0 Å². The number of carbonyl (C=O) groups excluding carboxylic acids is 2. The van der Waals surface area contributed by atoms with E-state index in [0.717, 1.165) is 18.9 Å². The van der Waals surface area contributed by atoms with E-state index in [9.17, 15) is 9.59 Å². The molecule has 3 rings (SSSR count). The summed E-state index contributed by atoms with van der Waals surface area (Å²) in [6, 6.07) is 13.8. The summed E-state index contributed by atoms with van der Waals surface area (Å²) < 4.78 is 0. The predicted octanol–water partition coefficient (Wildman–Crippen LogP) is 1.81. The first kappa shape index (κ1) is 18.8. The summed E-state index contributed by atoms with van der Waals surface area (Å²) in [5, 5.41) is 8.42. The highest BCUT2D eigenvalue weighted by molar-refractivity contribution is 5.92. The van der Waals surface area contributed by atoms with Gasteiger partial charge in [-0.3, -0.25) is 9.59 Å². The number of hydrogen-bond donors (Lipinski definition) is 0. The van der Waals surface area contributed by atoms with E-state index in [-0.39, 0.29) is 11.8 Å². The zero-order chi connectivity index (χ0) is 19.2. The normalized spacial score (nSPS) is 14.1. The standard InChI is InChI=1S/C20H25N5O2/c1-3-23(15-17-7-5-4-6-8-17)19-10-9-18(21-22-19)20(27)25-13-11-24(12-14-25)16(2)26/h4-10H,3,11-15H2,1-2H3. The Morgan fingerprint density at radius 3 is 2.19 bits per heavy atom. The lowest BCUT2D eigenvalue weighted by Gasteiger charge is -2.34. The Labute approximate surface area is 159 Å². The van der Waals surface area contributed by atoms with Gasteiger partial charge in [-0.05, 0) is 24.6 Å². The maximum Gasteiger partial charge on any atom is 0.274 e. The molecule has 2 aromatic rings. The Kier molecular flexibility index (Phi) is 6.01. The summed E-state index contributed by atoms with van der Waals surface area (Å²) in [6.07, 6.45) is 0. The third-order valence-electron chi connectivity index (χ3n) is 4.80. The molecule has 1 fully saturated rings. The lowest BCUT2D eigenvalue weighted by molar-refractivity contribution is -0.130.